The molecule has 0 aromatic carbocycles. The minimum atomic E-state index is 0.233. The number of nitrogens with zero attached hydrogens (tertiary/aromatic N) is 5. The van der Waals surface area contributed by atoms with Gasteiger partial charge < -0.3 is 19.3 Å². The Labute approximate surface area is 129 Å². The van der Waals surface area contributed by atoms with Crippen LogP contribution in [0.4, 0.5) is 5.95 Å². The van der Waals surface area contributed by atoms with E-state index in [1.165, 1.54) is 14.2 Å². The van der Waals surface area contributed by atoms with Gasteiger partial charge in [0.1, 0.15) is 0 Å². The van der Waals surface area contributed by atoms with E-state index in [9.17, 15) is 4.79 Å². The summed E-state index contributed by atoms with van der Waals surface area (Å²) in [5, 5.41) is 0. The van der Waals surface area contributed by atoms with Crippen LogP contribution in [0.3, 0.4) is 0 Å². The van der Waals surface area contributed by atoms with E-state index in [1.54, 1.807) is 0 Å². The monoisotopic (exact) mass is 307 g/mol. The Kier molecular flexibility index (Phi) is 4.26. The first-order valence-corrected chi connectivity index (χ1v) is 7.59. The molecule has 0 atom stereocenters. The molecule has 2 fully saturated rings. The Morgan fingerprint density at radius 3 is 2.27 bits per heavy atom. The Balaban J connectivity index is 1.71. The molecular formula is C14H21N5O3. The average molecular weight is 307 g/mol. The summed E-state index contributed by atoms with van der Waals surface area (Å²) in [6.07, 6.45) is 2.98. The zero-order chi connectivity index (χ0) is 15.5. The maximum absolute atomic E-state index is 12.2. The zero-order valence-electron chi connectivity index (χ0n) is 13.0. The lowest BCUT2D eigenvalue weighted by Crippen LogP contribution is -2.36. The number of anilines is 1. The minimum Gasteiger partial charge on any atom is -0.467 e. The van der Waals surface area contributed by atoms with Crippen LogP contribution in [0.1, 0.15) is 19.3 Å². The molecule has 3 rings (SSSR count). The number of ether oxygens (including phenoxy) is 2. The van der Waals surface area contributed by atoms with E-state index in [1.807, 2.05) is 9.80 Å². The Morgan fingerprint density at radius 1 is 1.00 bits per heavy atom. The maximum Gasteiger partial charge on any atom is 0.324 e. The summed E-state index contributed by atoms with van der Waals surface area (Å²) >= 11 is 0. The van der Waals surface area contributed by atoms with Gasteiger partial charge in [-0.05, 0) is 19.3 Å². The molecule has 1 aliphatic carbocycles. The average Bonchev–Trinajstić information content (AvgIpc) is 3.39. The second-order valence-electron chi connectivity index (χ2n) is 5.55. The molecule has 1 saturated carbocycles. The first kappa shape index (κ1) is 14.8. The number of methoxy groups -OCH3 is 2. The van der Waals surface area contributed by atoms with Gasteiger partial charge in [0, 0.05) is 32.1 Å². The molecule has 1 aromatic rings. The van der Waals surface area contributed by atoms with Crippen LogP contribution in [0.5, 0.6) is 12.0 Å². The molecule has 2 aliphatic rings. The predicted molar refractivity (Wildman–Crippen MR) is 79.1 cm³/mol. The van der Waals surface area contributed by atoms with Crippen LogP contribution in [-0.4, -0.2) is 66.2 Å². The Bertz CT molecular complexity index is 527. The lowest BCUT2D eigenvalue weighted by molar-refractivity contribution is -0.132. The van der Waals surface area contributed by atoms with Gasteiger partial charge in [-0.25, -0.2) is 0 Å². The van der Waals surface area contributed by atoms with Gasteiger partial charge in [-0.2, -0.15) is 9.97 Å². The van der Waals surface area contributed by atoms with Crippen LogP contribution >= 0.6 is 0 Å². The van der Waals surface area contributed by atoms with Crippen molar-refractivity contribution >= 4 is 11.9 Å². The van der Waals surface area contributed by atoms with E-state index in [2.05, 4.69) is 15.0 Å². The summed E-state index contributed by atoms with van der Waals surface area (Å²) in [5.41, 5.74) is 0. The van der Waals surface area contributed by atoms with Gasteiger partial charge >= 0.3 is 12.0 Å². The van der Waals surface area contributed by atoms with E-state index in [-0.39, 0.29) is 17.9 Å². The highest BCUT2D eigenvalue weighted by Gasteiger charge is 2.34. The number of aromatic nitrogens is 3. The fourth-order valence-corrected chi connectivity index (χ4v) is 2.58. The van der Waals surface area contributed by atoms with Crippen molar-refractivity contribution < 1.29 is 14.3 Å². The molecule has 0 N–H and O–H groups in total. The molecule has 0 unspecified atom stereocenters. The number of carbonyl (C=O) groups is 1. The predicted octanol–water partition coefficient (Wildman–Crippen LogP) is 0.337. The van der Waals surface area contributed by atoms with Crippen LogP contribution in [0.2, 0.25) is 0 Å². The fourth-order valence-electron chi connectivity index (χ4n) is 2.58. The normalized spacial score (nSPS) is 18.8. The minimum absolute atomic E-state index is 0.233. The first-order valence-electron chi connectivity index (χ1n) is 7.59. The van der Waals surface area contributed by atoms with E-state index >= 15 is 0 Å². The summed E-state index contributed by atoms with van der Waals surface area (Å²) in [5.74, 6) is 1.10. The second-order valence-corrected chi connectivity index (χ2v) is 5.55. The van der Waals surface area contributed by atoms with Gasteiger partial charge in [0.2, 0.25) is 11.9 Å². The van der Waals surface area contributed by atoms with Crippen molar-refractivity contribution in [2.24, 2.45) is 5.92 Å². The number of hydrogen-bond acceptors (Lipinski definition) is 7. The molecule has 8 heteroatoms. The molecule has 1 saturated heterocycles. The molecule has 0 bridgehead atoms. The van der Waals surface area contributed by atoms with Crippen molar-refractivity contribution in [3.63, 3.8) is 0 Å². The molecule has 22 heavy (non-hydrogen) atoms. The Hall–Kier alpha value is -2.12. The van der Waals surface area contributed by atoms with Gasteiger partial charge in [-0.3, -0.25) is 4.79 Å². The van der Waals surface area contributed by atoms with Crippen LogP contribution in [-0.2, 0) is 4.79 Å². The molecule has 8 nitrogen and oxygen atoms in total. The quantitative estimate of drug-likeness (QED) is 0.793. The molecular weight excluding hydrogens is 286 g/mol. The first-order chi connectivity index (χ1) is 10.7. The number of hydrogen-bond donors (Lipinski definition) is 0. The molecule has 0 radical (unpaired) electrons. The number of amides is 1. The fraction of sp³-hybridized carbons (Fsp3) is 0.714. The third-order valence-electron chi connectivity index (χ3n) is 3.96. The van der Waals surface area contributed by atoms with Crippen molar-refractivity contribution in [2.45, 2.75) is 19.3 Å². The highest BCUT2D eigenvalue weighted by atomic mass is 16.5. The summed E-state index contributed by atoms with van der Waals surface area (Å²) in [7, 11) is 3.02. The smallest absolute Gasteiger partial charge is 0.324 e. The third-order valence-corrected chi connectivity index (χ3v) is 3.96. The van der Waals surface area contributed by atoms with Gasteiger partial charge in [-0.15, -0.1) is 4.98 Å². The van der Waals surface area contributed by atoms with E-state index in [4.69, 9.17) is 9.47 Å². The van der Waals surface area contributed by atoms with E-state index < -0.39 is 0 Å². The molecule has 0 spiro atoms. The summed E-state index contributed by atoms with van der Waals surface area (Å²) < 4.78 is 10.2. The van der Waals surface area contributed by atoms with Crippen molar-refractivity contribution in [1.82, 2.24) is 19.9 Å². The largest absolute Gasteiger partial charge is 0.467 e. The van der Waals surface area contributed by atoms with E-state index in [0.717, 1.165) is 32.4 Å². The number of carbonyl (C=O) groups excluding carboxylic acids is 1. The molecule has 1 amide bonds. The SMILES string of the molecule is COc1nc(OC)nc(N2CCCN(C(=O)C3CC3)CC2)n1. The lowest BCUT2D eigenvalue weighted by Gasteiger charge is -2.22. The second kappa shape index (κ2) is 6.33. The van der Waals surface area contributed by atoms with Crippen molar-refractivity contribution in [2.75, 3.05) is 45.3 Å². The summed E-state index contributed by atoms with van der Waals surface area (Å²) in [4.78, 5) is 28.8. The molecule has 1 aliphatic heterocycles. The van der Waals surface area contributed by atoms with Crippen LogP contribution in [0.15, 0.2) is 0 Å². The van der Waals surface area contributed by atoms with Gasteiger partial charge in [-0.1, -0.05) is 0 Å². The summed E-state index contributed by atoms with van der Waals surface area (Å²) in [6, 6.07) is 0.467. The highest BCUT2D eigenvalue weighted by Crippen LogP contribution is 2.31. The van der Waals surface area contributed by atoms with Crippen LogP contribution in [0.25, 0.3) is 0 Å². The zero-order valence-corrected chi connectivity index (χ0v) is 13.0. The highest BCUT2D eigenvalue weighted by molar-refractivity contribution is 5.81. The lowest BCUT2D eigenvalue weighted by atomic mass is 10.3. The topological polar surface area (TPSA) is 80.7 Å². The van der Waals surface area contributed by atoms with Crippen LogP contribution < -0.4 is 14.4 Å². The molecule has 1 aromatic heterocycles. The Morgan fingerprint density at radius 2 is 1.68 bits per heavy atom. The number of rotatable bonds is 4. The third kappa shape index (κ3) is 3.20. The van der Waals surface area contributed by atoms with Crippen molar-refractivity contribution in [1.29, 1.82) is 0 Å². The van der Waals surface area contributed by atoms with E-state index in [0.29, 0.717) is 24.9 Å². The van der Waals surface area contributed by atoms with Gasteiger partial charge in [0.05, 0.1) is 14.2 Å². The standard InChI is InChI=1S/C14H21N5O3/c1-21-13-15-12(16-14(17-13)22-2)19-7-3-6-18(8-9-19)11(20)10-4-5-10/h10H,3-9H2,1-2H3. The summed E-state index contributed by atoms with van der Waals surface area (Å²) in [6.45, 7) is 3.00. The molecule has 120 valence electrons. The van der Waals surface area contributed by atoms with Crippen molar-refractivity contribution in [3.8, 4) is 12.0 Å². The molecule has 2 heterocycles. The van der Waals surface area contributed by atoms with Crippen molar-refractivity contribution in [3.05, 3.63) is 0 Å². The van der Waals surface area contributed by atoms with Gasteiger partial charge in [0.25, 0.3) is 0 Å². The maximum atomic E-state index is 12.2. The van der Waals surface area contributed by atoms with Crippen LogP contribution in [0, 0.1) is 5.92 Å². The van der Waals surface area contributed by atoms with Gasteiger partial charge in [0.15, 0.2) is 0 Å².